The van der Waals surface area contributed by atoms with Gasteiger partial charge in [-0.05, 0) is 54.3 Å². The fraction of sp³-hybridized carbons (Fsp3) is 0.458. The maximum absolute atomic E-state index is 13.3. The van der Waals surface area contributed by atoms with Crippen LogP contribution in [-0.2, 0) is 11.2 Å². The molecule has 8 heteroatoms. The third-order valence-corrected chi connectivity index (χ3v) is 5.66. The zero-order valence-corrected chi connectivity index (χ0v) is 21.4. The van der Waals surface area contributed by atoms with Crippen LogP contribution in [0.4, 0.5) is 4.39 Å². The Kier molecular flexibility index (Phi) is 11.2. The number of methoxy groups -OCH3 is 1. The molecule has 0 aliphatic carbocycles. The van der Waals surface area contributed by atoms with E-state index >= 15 is 0 Å². The number of ether oxygens (including phenoxy) is 2. The van der Waals surface area contributed by atoms with Crippen molar-refractivity contribution in [1.29, 1.82) is 0 Å². The van der Waals surface area contributed by atoms with Crippen molar-refractivity contribution >= 4 is 29.9 Å². The summed E-state index contributed by atoms with van der Waals surface area (Å²) in [5.74, 6) is 1.41. The molecule has 0 aromatic heterocycles. The number of aryl methyl sites for hydroxylation is 1. The highest BCUT2D eigenvalue weighted by Crippen LogP contribution is 2.23. The Morgan fingerprint density at radius 3 is 2.50 bits per heavy atom. The van der Waals surface area contributed by atoms with E-state index in [0.717, 1.165) is 68.6 Å². The van der Waals surface area contributed by atoms with Gasteiger partial charge in [-0.2, -0.15) is 0 Å². The van der Waals surface area contributed by atoms with Crippen LogP contribution in [0, 0.1) is 12.7 Å². The molecule has 0 amide bonds. The van der Waals surface area contributed by atoms with Gasteiger partial charge in [0.25, 0.3) is 0 Å². The third kappa shape index (κ3) is 7.60. The minimum atomic E-state index is -0.195. The number of hydrogen-bond acceptors (Lipinski definition) is 4. The van der Waals surface area contributed by atoms with E-state index in [9.17, 15) is 4.39 Å². The van der Waals surface area contributed by atoms with Gasteiger partial charge in [0.1, 0.15) is 11.6 Å². The molecule has 1 aliphatic rings. The maximum atomic E-state index is 13.3. The second-order valence-corrected chi connectivity index (χ2v) is 7.64. The van der Waals surface area contributed by atoms with Crippen molar-refractivity contribution in [1.82, 2.24) is 15.5 Å². The zero-order chi connectivity index (χ0) is 22.1. The molecule has 1 unspecified atom stereocenters. The fourth-order valence-electron chi connectivity index (χ4n) is 3.84. The average Bonchev–Trinajstić information content (AvgIpc) is 2.80. The molecule has 1 fully saturated rings. The molecule has 2 aromatic carbocycles. The molecule has 0 saturated carbocycles. The largest absolute Gasteiger partial charge is 0.497 e. The lowest BCUT2D eigenvalue weighted by atomic mass is 10.0. The van der Waals surface area contributed by atoms with Crippen molar-refractivity contribution in [2.75, 3.05) is 53.6 Å². The van der Waals surface area contributed by atoms with Gasteiger partial charge in [-0.1, -0.05) is 18.2 Å². The first-order chi connectivity index (χ1) is 15.1. The van der Waals surface area contributed by atoms with Crippen molar-refractivity contribution in [3.8, 4) is 5.75 Å². The van der Waals surface area contributed by atoms with Crippen molar-refractivity contribution in [2.45, 2.75) is 19.4 Å². The SMILES string of the molecule is CN=C(NCCc1ccc(F)cc1C)NCC(c1ccc(OC)cc1)N1CCOCC1.I. The van der Waals surface area contributed by atoms with E-state index in [1.54, 1.807) is 20.2 Å². The van der Waals surface area contributed by atoms with E-state index in [1.165, 1.54) is 11.6 Å². The highest BCUT2D eigenvalue weighted by atomic mass is 127. The Labute approximate surface area is 207 Å². The lowest BCUT2D eigenvalue weighted by molar-refractivity contribution is 0.0170. The first kappa shape index (κ1) is 26.3. The zero-order valence-electron chi connectivity index (χ0n) is 19.1. The number of guanidine groups is 1. The summed E-state index contributed by atoms with van der Waals surface area (Å²) in [5.41, 5.74) is 3.33. The summed E-state index contributed by atoms with van der Waals surface area (Å²) in [4.78, 5) is 6.80. The molecule has 0 bridgehead atoms. The van der Waals surface area contributed by atoms with Crippen LogP contribution in [0.2, 0.25) is 0 Å². The number of halogens is 2. The Balaban J connectivity index is 0.00000363. The summed E-state index contributed by atoms with van der Waals surface area (Å²) in [6, 6.07) is 13.4. The van der Waals surface area contributed by atoms with Crippen LogP contribution in [0.5, 0.6) is 5.75 Å². The molecule has 3 rings (SSSR count). The molecule has 1 atom stereocenters. The molecular formula is C24H34FIN4O2. The predicted octanol–water partition coefficient (Wildman–Crippen LogP) is 3.54. The molecule has 176 valence electrons. The van der Waals surface area contributed by atoms with E-state index in [1.807, 2.05) is 25.1 Å². The van der Waals surface area contributed by atoms with Crippen molar-refractivity contribution in [2.24, 2.45) is 4.99 Å². The molecule has 1 aliphatic heterocycles. The second-order valence-electron chi connectivity index (χ2n) is 7.64. The van der Waals surface area contributed by atoms with Gasteiger partial charge in [0.05, 0.1) is 26.4 Å². The van der Waals surface area contributed by atoms with Crippen LogP contribution in [0.15, 0.2) is 47.5 Å². The van der Waals surface area contributed by atoms with Crippen molar-refractivity contribution < 1.29 is 13.9 Å². The number of benzene rings is 2. The summed E-state index contributed by atoms with van der Waals surface area (Å²) in [6.07, 6.45) is 0.804. The van der Waals surface area contributed by atoms with Gasteiger partial charge in [0, 0.05) is 33.2 Å². The average molecular weight is 556 g/mol. The van der Waals surface area contributed by atoms with E-state index in [0.29, 0.717) is 0 Å². The Morgan fingerprint density at radius 1 is 1.16 bits per heavy atom. The van der Waals surface area contributed by atoms with Crippen LogP contribution in [-0.4, -0.2) is 64.4 Å². The fourth-order valence-corrected chi connectivity index (χ4v) is 3.84. The maximum Gasteiger partial charge on any atom is 0.191 e. The summed E-state index contributed by atoms with van der Waals surface area (Å²) < 4.78 is 24.1. The van der Waals surface area contributed by atoms with Crippen LogP contribution >= 0.6 is 24.0 Å². The highest BCUT2D eigenvalue weighted by molar-refractivity contribution is 14.0. The van der Waals surface area contributed by atoms with Crippen molar-refractivity contribution in [3.63, 3.8) is 0 Å². The van der Waals surface area contributed by atoms with Gasteiger partial charge < -0.3 is 20.1 Å². The number of nitrogens with one attached hydrogen (secondary N) is 2. The highest BCUT2D eigenvalue weighted by Gasteiger charge is 2.23. The van der Waals surface area contributed by atoms with Gasteiger partial charge in [-0.3, -0.25) is 9.89 Å². The molecule has 1 heterocycles. The predicted molar refractivity (Wildman–Crippen MR) is 138 cm³/mol. The van der Waals surface area contributed by atoms with Crippen LogP contribution in [0.25, 0.3) is 0 Å². The smallest absolute Gasteiger partial charge is 0.191 e. The summed E-state index contributed by atoms with van der Waals surface area (Å²) in [6.45, 7) is 6.67. The summed E-state index contributed by atoms with van der Waals surface area (Å²) in [5, 5.41) is 6.84. The van der Waals surface area contributed by atoms with Crippen LogP contribution in [0.1, 0.15) is 22.7 Å². The Hall–Kier alpha value is -1.91. The summed E-state index contributed by atoms with van der Waals surface area (Å²) >= 11 is 0. The number of rotatable bonds is 8. The van der Waals surface area contributed by atoms with Gasteiger partial charge in [-0.15, -0.1) is 24.0 Å². The minimum Gasteiger partial charge on any atom is -0.497 e. The third-order valence-electron chi connectivity index (χ3n) is 5.66. The number of hydrogen-bond donors (Lipinski definition) is 2. The quantitative estimate of drug-likeness (QED) is 0.296. The summed E-state index contributed by atoms with van der Waals surface area (Å²) in [7, 11) is 3.45. The molecule has 0 radical (unpaired) electrons. The normalized spacial score (nSPS) is 15.6. The molecule has 6 nitrogen and oxygen atoms in total. The van der Waals surface area contributed by atoms with E-state index in [4.69, 9.17) is 9.47 Å². The van der Waals surface area contributed by atoms with Gasteiger partial charge in [0.2, 0.25) is 0 Å². The van der Waals surface area contributed by atoms with Gasteiger partial charge in [0.15, 0.2) is 5.96 Å². The topological polar surface area (TPSA) is 58.1 Å². The number of aliphatic imine (C=N–C) groups is 1. The van der Waals surface area contributed by atoms with Crippen LogP contribution < -0.4 is 15.4 Å². The lowest BCUT2D eigenvalue weighted by Gasteiger charge is -2.35. The van der Waals surface area contributed by atoms with Gasteiger partial charge in [-0.25, -0.2) is 4.39 Å². The molecule has 32 heavy (non-hydrogen) atoms. The first-order valence-electron chi connectivity index (χ1n) is 10.8. The van der Waals surface area contributed by atoms with Crippen LogP contribution in [0.3, 0.4) is 0 Å². The van der Waals surface area contributed by atoms with Gasteiger partial charge >= 0.3 is 0 Å². The number of morpholine rings is 1. The lowest BCUT2D eigenvalue weighted by Crippen LogP contribution is -2.46. The monoisotopic (exact) mass is 556 g/mol. The molecule has 2 N–H and O–H groups in total. The second kappa shape index (κ2) is 13.6. The minimum absolute atomic E-state index is 0. The van der Waals surface area contributed by atoms with Crippen molar-refractivity contribution in [3.05, 3.63) is 65.0 Å². The van der Waals surface area contributed by atoms with E-state index in [-0.39, 0.29) is 35.8 Å². The standard InChI is InChI=1S/C24H33FN4O2.HI/c1-18-16-21(25)7-4-19(18)10-11-27-24(26-2)28-17-23(29-12-14-31-15-13-29)20-5-8-22(30-3)9-6-20;/h4-9,16,23H,10-15,17H2,1-3H3,(H2,26,27,28);1H. The molecule has 1 saturated heterocycles. The Bertz CT molecular complexity index is 858. The van der Waals surface area contributed by atoms with E-state index < -0.39 is 0 Å². The first-order valence-corrected chi connectivity index (χ1v) is 10.8. The Morgan fingerprint density at radius 2 is 1.88 bits per heavy atom. The molecular weight excluding hydrogens is 522 g/mol. The molecule has 0 spiro atoms. The van der Waals surface area contributed by atoms with E-state index in [2.05, 4.69) is 32.7 Å². The molecule has 2 aromatic rings. The number of nitrogens with zero attached hydrogens (tertiary/aromatic N) is 2.